The van der Waals surface area contributed by atoms with E-state index in [2.05, 4.69) is 47.2 Å². The zero-order valence-electron chi connectivity index (χ0n) is 25.6. The smallest absolute Gasteiger partial charge is 0.214 e. The molecule has 8 heteroatoms. The Morgan fingerprint density at radius 2 is 1.71 bits per heavy atom. The van der Waals surface area contributed by atoms with Crippen LogP contribution in [-0.2, 0) is 20.1 Å². The third-order valence-corrected chi connectivity index (χ3v) is 6.98. The molecule has 0 saturated carbocycles. The van der Waals surface area contributed by atoms with Crippen molar-refractivity contribution in [2.24, 2.45) is 16.1 Å². The fourth-order valence-electron chi connectivity index (χ4n) is 4.53. The third-order valence-electron chi connectivity index (χ3n) is 6.98. The molecule has 0 amide bonds. The number of ether oxygens (including phenoxy) is 1. The number of aryl methyl sites for hydroxylation is 1. The summed E-state index contributed by atoms with van der Waals surface area (Å²) in [5.41, 5.74) is 7.39. The van der Waals surface area contributed by atoms with Crippen molar-refractivity contribution < 1.29 is 56.7 Å². The average Bonchev–Trinajstić information content (AvgIpc) is 2.98. The second-order valence-electron chi connectivity index (χ2n) is 9.71. The Morgan fingerprint density at radius 1 is 1.02 bits per heavy atom. The minimum absolute atomic E-state index is 0. The molecule has 222 valence electrons. The first-order chi connectivity index (χ1) is 19.3. The monoisotopic (exact) mass is 712 g/mol. The number of rotatable bonds is 9. The number of thiol groups is 1. The molecule has 0 radical (unpaired) electrons. The Balaban J connectivity index is 0.00000216. The summed E-state index contributed by atoms with van der Waals surface area (Å²) in [6.45, 7) is 12.2. The van der Waals surface area contributed by atoms with E-state index < -0.39 is 0 Å². The number of aromatic hydroxyl groups is 1. The topological polar surface area (TPSA) is 87.3 Å². The predicted molar refractivity (Wildman–Crippen MR) is 176 cm³/mol. The van der Waals surface area contributed by atoms with E-state index in [0.29, 0.717) is 11.8 Å². The van der Waals surface area contributed by atoms with Crippen LogP contribution in [0.3, 0.4) is 0 Å². The molecule has 42 heavy (non-hydrogen) atoms. The van der Waals surface area contributed by atoms with E-state index in [1.807, 2.05) is 70.3 Å². The van der Waals surface area contributed by atoms with Crippen LogP contribution in [0.1, 0.15) is 69.2 Å². The molecule has 1 heterocycles. The van der Waals surface area contributed by atoms with Gasteiger partial charge in [-0.2, -0.15) is 10.2 Å². The molecule has 4 rings (SSSR count). The van der Waals surface area contributed by atoms with Gasteiger partial charge in [0.25, 0.3) is 0 Å². The number of hydrogen-bond donors (Lipinski definition) is 2. The van der Waals surface area contributed by atoms with Crippen LogP contribution in [0.25, 0.3) is 22.0 Å². The zero-order chi connectivity index (χ0) is 29.2. The molecule has 4 aromatic rings. The fourth-order valence-corrected chi connectivity index (χ4v) is 4.53. The third kappa shape index (κ3) is 9.35. The van der Waals surface area contributed by atoms with Crippen LogP contribution in [0.4, 0.5) is 0 Å². The predicted octanol–water partition coefficient (Wildman–Crippen LogP) is 7.80. The SMILES string of the molecule is CC.CCC(C)/C=N\N=C(/C)C(c1ccc(C)c(CO)c1)c1ccc2nc(OC)cc(-c3cccc(O)c3)c2c1.[Ce].[SH-]. The number of phenols is 1. The molecule has 0 saturated heterocycles. The first-order valence-electron chi connectivity index (χ1n) is 13.9. The summed E-state index contributed by atoms with van der Waals surface area (Å²) < 4.78 is 5.48. The number of pyridine rings is 1. The molecule has 3 aromatic carbocycles. The maximum atomic E-state index is 10.2. The number of aliphatic hydroxyl groups is 1. The first kappa shape index (κ1) is 37.7. The molecular weight excluding hydrogens is 671 g/mol. The minimum Gasteiger partial charge on any atom is -0.813 e. The van der Waals surface area contributed by atoms with Gasteiger partial charge in [0, 0.05) is 71.0 Å². The molecule has 2 N–H and O–H groups in total. The summed E-state index contributed by atoms with van der Waals surface area (Å²) in [6.07, 6.45) is 2.88. The maximum absolute atomic E-state index is 10.2. The number of fused-ring (bicyclic) bond motifs is 1. The maximum Gasteiger partial charge on any atom is 0.214 e. The Labute approximate surface area is 291 Å². The summed E-state index contributed by atoms with van der Waals surface area (Å²) in [4.78, 5) is 4.67. The number of aromatic nitrogens is 1. The van der Waals surface area contributed by atoms with E-state index in [1.165, 1.54) is 0 Å². The van der Waals surface area contributed by atoms with Gasteiger partial charge in [0.1, 0.15) is 5.75 Å². The van der Waals surface area contributed by atoms with Gasteiger partial charge in [-0.15, -0.1) is 0 Å². The van der Waals surface area contributed by atoms with Crippen LogP contribution in [0.15, 0.2) is 76.9 Å². The number of aliphatic hydroxyl groups excluding tert-OH is 1. The van der Waals surface area contributed by atoms with Crippen molar-refractivity contribution >= 4 is 36.3 Å². The Bertz CT molecular complexity index is 1510. The zero-order valence-corrected chi connectivity index (χ0v) is 29.6. The van der Waals surface area contributed by atoms with E-state index >= 15 is 0 Å². The largest absolute Gasteiger partial charge is 0.813 e. The second kappa shape index (κ2) is 18.4. The first-order valence-corrected chi connectivity index (χ1v) is 13.9. The normalized spacial score (nSPS) is 12.5. The van der Waals surface area contributed by atoms with Gasteiger partial charge < -0.3 is 28.4 Å². The molecule has 0 aliphatic heterocycles. The van der Waals surface area contributed by atoms with E-state index in [4.69, 9.17) is 4.74 Å². The number of benzene rings is 3. The van der Waals surface area contributed by atoms with Gasteiger partial charge in [0.05, 0.1) is 19.2 Å². The van der Waals surface area contributed by atoms with Gasteiger partial charge in [0.2, 0.25) is 5.88 Å². The van der Waals surface area contributed by atoms with Crippen molar-refractivity contribution in [3.05, 3.63) is 89.0 Å². The summed E-state index contributed by atoms with van der Waals surface area (Å²) in [6, 6.07) is 21.4. The van der Waals surface area contributed by atoms with Crippen molar-refractivity contribution in [3.63, 3.8) is 0 Å². The van der Waals surface area contributed by atoms with Gasteiger partial charge in [-0.25, -0.2) is 4.98 Å². The number of phenolic OH excluding ortho intramolecular Hbond substituents is 1. The molecule has 0 fully saturated rings. The van der Waals surface area contributed by atoms with Crippen LogP contribution in [0, 0.1) is 54.6 Å². The minimum atomic E-state index is -0.182. The molecule has 1 aromatic heterocycles. The summed E-state index contributed by atoms with van der Waals surface area (Å²) >= 11 is 0. The van der Waals surface area contributed by atoms with Crippen molar-refractivity contribution in [3.8, 4) is 22.8 Å². The van der Waals surface area contributed by atoms with Crippen LogP contribution in [0.5, 0.6) is 11.6 Å². The fraction of sp³-hybridized carbons (Fsp3) is 0.324. The Morgan fingerprint density at radius 3 is 2.36 bits per heavy atom. The van der Waals surface area contributed by atoms with Crippen molar-refractivity contribution in [1.82, 2.24) is 4.98 Å². The second-order valence-corrected chi connectivity index (χ2v) is 9.71. The molecule has 0 aliphatic carbocycles. The Hall–Kier alpha value is -2.30. The van der Waals surface area contributed by atoms with Crippen LogP contribution in [0.2, 0.25) is 0 Å². The quantitative estimate of drug-likeness (QED) is 0.0801. The van der Waals surface area contributed by atoms with E-state index in [-0.39, 0.29) is 73.5 Å². The van der Waals surface area contributed by atoms with E-state index in [1.54, 1.807) is 19.2 Å². The van der Waals surface area contributed by atoms with Crippen LogP contribution >= 0.6 is 0 Å². The molecule has 2 atom stereocenters. The average molecular weight is 713 g/mol. The molecule has 0 aliphatic rings. The van der Waals surface area contributed by atoms with Gasteiger partial charge in [-0.3, -0.25) is 0 Å². The number of methoxy groups -OCH3 is 1. The van der Waals surface area contributed by atoms with Gasteiger partial charge in [-0.1, -0.05) is 64.1 Å². The van der Waals surface area contributed by atoms with Gasteiger partial charge >= 0.3 is 0 Å². The van der Waals surface area contributed by atoms with E-state index in [9.17, 15) is 10.2 Å². The summed E-state index contributed by atoms with van der Waals surface area (Å²) in [7, 11) is 1.60. The van der Waals surface area contributed by atoms with Crippen LogP contribution in [-0.4, -0.2) is 34.2 Å². The standard InChI is InChI=1S/C32H35N3O3.C2H6.Ce.H2S/c1-6-20(2)18-33-35-22(4)32(24-11-10-21(3)26(14-24)19-36)25-12-13-30-29(16-25)28(17-31(34-30)38-5)23-8-7-9-27(37)15-23;1-2;;/h7-18,20,32,36-37H,6,19H2,1-5H3;1-2H3;;1H2/p-1/b33-18-,35-22+;;;. The summed E-state index contributed by atoms with van der Waals surface area (Å²) in [5.74, 6) is 0.859. The summed E-state index contributed by atoms with van der Waals surface area (Å²) in [5, 5.41) is 30.0. The molecule has 6 nitrogen and oxygen atoms in total. The van der Waals surface area contributed by atoms with E-state index in [0.717, 1.165) is 56.4 Å². The molecule has 2 unspecified atom stereocenters. The van der Waals surface area contributed by atoms with Crippen molar-refractivity contribution in [2.45, 2.75) is 60.5 Å². The number of nitrogens with zero attached hydrogens (tertiary/aromatic N) is 3. The van der Waals surface area contributed by atoms with Gasteiger partial charge in [-0.05, 0) is 83.8 Å². The Kier molecular flexibility index (Phi) is 16.5. The van der Waals surface area contributed by atoms with Gasteiger partial charge in [0.15, 0.2) is 0 Å². The van der Waals surface area contributed by atoms with Crippen LogP contribution < -0.4 is 4.74 Å². The van der Waals surface area contributed by atoms with Crippen molar-refractivity contribution in [2.75, 3.05) is 7.11 Å². The molecular formula is C34H42CeN3O3S-. The van der Waals surface area contributed by atoms with Crippen molar-refractivity contribution in [1.29, 1.82) is 0 Å². The molecule has 0 spiro atoms. The number of hydrogen-bond acceptors (Lipinski definition) is 7. The molecule has 0 bridgehead atoms.